The average molecular weight is 320 g/mol. The molecule has 1 aromatic rings. The van der Waals surface area contributed by atoms with Crippen molar-refractivity contribution in [1.82, 2.24) is 10.6 Å². The maximum Gasteiger partial charge on any atom is 0.312 e. The van der Waals surface area contributed by atoms with Gasteiger partial charge in [-0.25, -0.2) is 4.79 Å². The van der Waals surface area contributed by atoms with E-state index in [1.807, 2.05) is 26.0 Å². The number of rotatable bonds is 7. The van der Waals surface area contributed by atoms with Crippen LogP contribution in [0.15, 0.2) is 24.3 Å². The molecule has 0 aliphatic carbocycles. The molecule has 7 heteroatoms. The summed E-state index contributed by atoms with van der Waals surface area (Å²) in [5.41, 5.74) is 6.70. The SMILES string of the molecule is CC[C@H](C)[C@@H](NC(N)=O)C(=O)NCc1ccc(NC(C)=O)cc1. The predicted octanol–water partition coefficient (Wildman–Crippen LogP) is 1.34. The van der Waals surface area contributed by atoms with Crippen LogP contribution in [0, 0.1) is 5.92 Å². The van der Waals surface area contributed by atoms with Crippen molar-refractivity contribution in [3.05, 3.63) is 29.8 Å². The molecule has 1 aromatic carbocycles. The Balaban J connectivity index is 2.62. The van der Waals surface area contributed by atoms with Gasteiger partial charge in [0.2, 0.25) is 11.8 Å². The van der Waals surface area contributed by atoms with Crippen LogP contribution in [0.1, 0.15) is 32.8 Å². The van der Waals surface area contributed by atoms with E-state index in [2.05, 4.69) is 16.0 Å². The van der Waals surface area contributed by atoms with E-state index >= 15 is 0 Å². The standard InChI is InChI=1S/C16H24N4O3/c1-4-10(2)14(20-16(17)23)15(22)18-9-12-5-7-13(8-6-12)19-11(3)21/h5-8,10,14H,4,9H2,1-3H3,(H,18,22)(H,19,21)(H3,17,20,23)/t10-,14+/m0/s1. The van der Waals surface area contributed by atoms with Crippen molar-refractivity contribution < 1.29 is 14.4 Å². The van der Waals surface area contributed by atoms with E-state index in [9.17, 15) is 14.4 Å². The molecular formula is C16H24N4O3. The molecule has 2 atom stereocenters. The first-order valence-corrected chi connectivity index (χ1v) is 7.53. The van der Waals surface area contributed by atoms with Crippen molar-refractivity contribution in [2.75, 3.05) is 5.32 Å². The van der Waals surface area contributed by atoms with Gasteiger partial charge >= 0.3 is 6.03 Å². The summed E-state index contributed by atoms with van der Waals surface area (Å²) in [6.45, 7) is 5.58. The first-order valence-electron chi connectivity index (χ1n) is 7.53. The fourth-order valence-corrected chi connectivity index (χ4v) is 2.06. The van der Waals surface area contributed by atoms with E-state index in [1.165, 1.54) is 6.92 Å². The number of hydrogen-bond acceptors (Lipinski definition) is 3. The molecule has 0 heterocycles. The topological polar surface area (TPSA) is 113 Å². The minimum Gasteiger partial charge on any atom is -0.352 e. The molecule has 0 aromatic heterocycles. The number of urea groups is 1. The third-order valence-corrected chi connectivity index (χ3v) is 3.53. The number of amides is 4. The highest BCUT2D eigenvalue weighted by molar-refractivity contribution is 5.88. The zero-order valence-corrected chi connectivity index (χ0v) is 13.7. The van der Waals surface area contributed by atoms with Gasteiger partial charge in [0, 0.05) is 19.2 Å². The van der Waals surface area contributed by atoms with Crippen LogP contribution in [0.4, 0.5) is 10.5 Å². The summed E-state index contributed by atoms with van der Waals surface area (Å²) in [4.78, 5) is 34.2. The van der Waals surface area contributed by atoms with Crippen LogP contribution in [0.25, 0.3) is 0 Å². The molecule has 0 saturated heterocycles. The lowest BCUT2D eigenvalue weighted by Crippen LogP contribution is -2.51. The van der Waals surface area contributed by atoms with E-state index in [0.717, 1.165) is 12.0 Å². The van der Waals surface area contributed by atoms with Crippen LogP contribution in [-0.2, 0) is 16.1 Å². The van der Waals surface area contributed by atoms with E-state index in [1.54, 1.807) is 12.1 Å². The summed E-state index contributed by atoms with van der Waals surface area (Å²) in [6.07, 6.45) is 0.740. The normalized spacial score (nSPS) is 12.8. The third-order valence-electron chi connectivity index (χ3n) is 3.53. The Labute approximate surface area is 136 Å². The molecule has 1 rings (SSSR count). The fraction of sp³-hybridized carbons (Fsp3) is 0.438. The average Bonchev–Trinajstić information content (AvgIpc) is 2.50. The van der Waals surface area contributed by atoms with Gasteiger partial charge in [0.15, 0.2) is 0 Å². The zero-order valence-electron chi connectivity index (χ0n) is 13.7. The van der Waals surface area contributed by atoms with Gasteiger partial charge in [0.25, 0.3) is 0 Å². The Kier molecular flexibility index (Phi) is 7.05. The molecule has 0 radical (unpaired) electrons. The Morgan fingerprint density at radius 2 is 1.78 bits per heavy atom. The maximum atomic E-state index is 12.2. The van der Waals surface area contributed by atoms with Gasteiger partial charge in [-0.05, 0) is 23.6 Å². The summed E-state index contributed by atoms with van der Waals surface area (Å²) < 4.78 is 0. The summed E-state index contributed by atoms with van der Waals surface area (Å²) >= 11 is 0. The maximum absolute atomic E-state index is 12.2. The minimum atomic E-state index is -0.717. The molecule has 0 unspecified atom stereocenters. The Morgan fingerprint density at radius 1 is 1.17 bits per heavy atom. The smallest absolute Gasteiger partial charge is 0.312 e. The van der Waals surface area contributed by atoms with Crippen molar-refractivity contribution in [2.24, 2.45) is 11.7 Å². The van der Waals surface area contributed by atoms with Crippen molar-refractivity contribution in [3.63, 3.8) is 0 Å². The minimum absolute atomic E-state index is 0.0235. The molecule has 4 amide bonds. The van der Waals surface area contributed by atoms with E-state index in [-0.39, 0.29) is 17.7 Å². The monoisotopic (exact) mass is 320 g/mol. The summed E-state index contributed by atoms with van der Waals surface area (Å²) in [5, 5.41) is 7.93. The lowest BCUT2D eigenvalue weighted by atomic mass is 9.98. The molecule has 0 spiro atoms. The number of benzene rings is 1. The second-order valence-electron chi connectivity index (χ2n) is 5.47. The first kappa shape index (κ1) is 18.5. The quantitative estimate of drug-likeness (QED) is 0.608. The molecule has 0 bridgehead atoms. The van der Waals surface area contributed by atoms with Gasteiger partial charge in [-0.2, -0.15) is 0 Å². The molecule has 5 N–H and O–H groups in total. The van der Waals surface area contributed by atoms with E-state index in [0.29, 0.717) is 12.2 Å². The van der Waals surface area contributed by atoms with Gasteiger partial charge in [-0.3, -0.25) is 9.59 Å². The number of carbonyl (C=O) groups is 3. The van der Waals surface area contributed by atoms with Crippen molar-refractivity contribution in [2.45, 2.75) is 39.8 Å². The van der Waals surface area contributed by atoms with Crippen LogP contribution in [-0.4, -0.2) is 23.9 Å². The second kappa shape index (κ2) is 8.77. The lowest BCUT2D eigenvalue weighted by molar-refractivity contribution is -0.124. The van der Waals surface area contributed by atoms with Crippen molar-refractivity contribution in [1.29, 1.82) is 0 Å². The molecule has 0 saturated carbocycles. The Bertz CT molecular complexity index is 557. The molecule has 0 aliphatic heterocycles. The first-order chi connectivity index (χ1) is 10.8. The highest BCUT2D eigenvalue weighted by Crippen LogP contribution is 2.11. The number of hydrogen-bond donors (Lipinski definition) is 4. The summed E-state index contributed by atoms with van der Waals surface area (Å²) in [5.74, 6) is -0.436. The number of primary amides is 1. The van der Waals surface area contributed by atoms with Gasteiger partial charge in [-0.1, -0.05) is 32.4 Å². The molecule has 126 valence electrons. The van der Waals surface area contributed by atoms with E-state index in [4.69, 9.17) is 5.73 Å². The number of anilines is 1. The Morgan fingerprint density at radius 3 is 2.26 bits per heavy atom. The highest BCUT2D eigenvalue weighted by Gasteiger charge is 2.24. The second-order valence-corrected chi connectivity index (χ2v) is 5.47. The predicted molar refractivity (Wildman–Crippen MR) is 88.6 cm³/mol. The van der Waals surface area contributed by atoms with E-state index < -0.39 is 12.1 Å². The number of nitrogens with two attached hydrogens (primary N) is 1. The number of nitrogens with one attached hydrogen (secondary N) is 3. The molecular weight excluding hydrogens is 296 g/mol. The van der Waals surface area contributed by atoms with Crippen molar-refractivity contribution in [3.8, 4) is 0 Å². The van der Waals surface area contributed by atoms with Crippen LogP contribution < -0.4 is 21.7 Å². The Hall–Kier alpha value is -2.57. The highest BCUT2D eigenvalue weighted by atomic mass is 16.2. The summed E-state index contributed by atoms with van der Waals surface area (Å²) in [7, 11) is 0. The fourth-order valence-electron chi connectivity index (χ4n) is 2.06. The van der Waals surface area contributed by atoms with Crippen molar-refractivity contribution >= 4 is 23.5 Å². The summed E-state index contributed by atoms with van der Waals surface area (Å²) in [6, 6.07) is 5.77. The van der Waals surface area contributed by atoms with Gasteiger partial charge < -0.3 is 21.7 Å². The van der Waals surface area contributed by atoms with Gasteiger partial charge in [0.1, 0.15) is 6.04 Å². The zero-order chi connectivity index (χ0) is 17.4. The molecule has 0 aliphatic rings. The lowest BCUT2D eigenvalue weighted by Gasteiger charge is -2.22. The third kappa shape index (κ3) is 6.37. The van der Waals surface area contributed by atoms with Gasteiger partial charge in [0.05, 0.1) is 0 Å². The molecule has 0 fully saturated rings. The van der Waals surface area contributed by atoms with Gasteiger partial charge in [-0.15, -0.1) is 0 Å². The van der Waals surface area contributed by atoms with Crippen LogP contribution in [0.5, 0.6) is 0 Å². The van der Waals surface area contributed by atoms with Crippen LogP contribution in [0.3, 0.4) is 0 Å². The van der Waals surface area contributed by atoms with Crippen LogP contribution >= 0.6 is 0 Å². The van der Waals surface area contributed by atoms with Crippen LogP contribution in [0.2, 0.25) is 0 Å². The molecule has 23 heavy (non-hydrogen) atoms. The molecule has 7 nitrogen and oxygen atoms in total. The largest absolute Gasteiger partial charge is 0.352 e. The number of carbonyl (C=O) groups excluding carboxylic acids is 3.